The molecule has 1 aliphatic heterocycles. The van der Waals surface area contributed by atoms with Crippen molar-refractivity contribution in [1.82, 2.24) is 0 Å². The van der Waals surface area contributed by atoms with Gasteiger partial charge in [-0.05, 0) is 12.8 Å². The summed E-state index contributed by atoms with van der Waals surface area (Å²) in [5, 5.41) is 0. The van der Waals surface area contributed by atoms with Crippen LogP contribution in [-0.4, -0.2) is 93.9 Å². The van der Waals surface area contributed by atoms with Gasteiger partial charge in [-0.1, -0.05) is 219 Å². The van der Waals surface area contributed by atoms with Crippen molar-refractivity contribution in [3.63, 3.8) is 0 Å². The topological polar surface area (TPSA) is 127 Å². The number of esters is 2. The number of likely N-dealkylation sites (N-methyl/N-ethyl adjacent to an activating group) is 1. The number of methoxy groups -OCH3 is 1. The van der Waals surface area contributed by atoms with Gasteiger partial charge < -0.3 is 28.3 Å². The summed E-state index contributed by atoms with van der Waals surface area (Å²) in [6.45, 7) is 4.64. The Labute approximate surface area is 387 Å². The van der Waals surface area contributed by atoms with Gasteiger partial charge in [0.25, 0.3) is 0 Å². The molecule has 5 atom stereocenters. The zero-order valence-corrected chi connectivity index (χ0v) is 42.8. The predicted octanol–water partition coefficient (Wildman–Crippen LogP) is 14.1. The van der Waals surface area contributed by atoms with Gasteiger partial charge in [0.2, 0.25) is 0 Å². The number of rotatable bonds is 46. The van der Waals surface area contributed by atoms with Crippen LogP contribution in [0.4, 0.5) is 0 Å². The Morgan fingerprint density at radius 3 is 1.14 bits per heavy atom. The van der Waals surface area contributed by atoms with Gasteiger partial charge in [-0.15, -0.1) is 0 Å². The molecule has 1 N–H and O–H groups in total. The van der Waals surface area contributed by atoms with Crippen LogP contribution in [-0.2, 0) is 42.1 Å². The third-order valence-corrected chi connectivity index (χ3v) is 13.4. The normalized spacial score (nSPS) is 18.8. The van der Waals surface area contributed by atoms with E-state index in [4.69, 9.17) is 28.0 Å². The summed E-state index contributed by atoms with van der Waals surface area (Å²) in [5.74, 6) is -0.856. The molecule has 1 fully saturated rings. The van der Waals surface area contributed by atoms with Crippen molar-refractivity contribution in [2.75, 3.05) is 48.0 Å². The van der Waals surface area contributed by atoms with Gasteiger partial charge in [-0.25, -0.2) is 4.57 Å². The van der Waals surface area contributed by atoms with Crippen molar-refractivity contribution in [1.29, 1.82) is 0 Å². The fraction of sp³-hybridized carbons (Fsp3) is 0.961. The van der Waals surface area contributed by atoms with Gasteiger partial charge in [0.1, 0.15) is 19.3 Å². The van der Waals surface area contributed by atoms with Crippen LogP contribution in [0.15, 0.2) is 0 Å². The number of carbonyl (C=O) groups is 2. The third-order valence-electron chi connectivity index (χ3n) is 12.4. The first-order valence-corrected chi connectivity index (χ1v) is 27.9. The van der Waals surface area contributed by atoms with Crippen molar-refractivity contribution in [3.05, 3.63) is 0 Å². The first-order valence-electron chi connectivity index (χ1n) is 26.4. The first kappa shape index (κ1) is 59.9. The van der Waals surface area contributed by atoms with Crippen LogP contribution in [0.1, 0.15) is 245 Å². The zero-order chi connectivity index (χ0) is 46.3. The van der Waals surface area contributed by atoms with Crippen LogP contribution in [0, 0.1) is 0 Å². The summed E-state index contributed by atoms with van der Waals surface area (Å²) in [4.78, 5) is 36.7. The molecule has 63 heavy (non-hydrogen) atoms. The second kappa shape index (κ2) is 40.0. The monoisotopic (exact) mass is 919 g/mol. The van der Waals surface area contributed by atoms with Crippen LogP contribution in [0.3, 0.4) is 0 Å². The summed E-state index contributed by atoms with van der Waals surface area (Å²) >= 11 is 0. The summed E-state index contributed by atoms with van der Waals surface area (Å²) < 4.78 is 47.1. The summed E-state index contributed by atoms with van der Waals surface area (Å²) in [7, 11) is 2.84. The number of hydrogen-bond donors (Lipinski definition) is 1. The number of carbonyl (C=O) groups excluding carboxylic acids is 2. The molecule has 0 aliphatic carbocycles. The van der Waals surface area contributed by atoms with E-state index in [-0.39, 0.29) is 19.4 Å². The van der Waals surface area contributed by atoms with E-state index in [1.807, 2.05) is 21.1 Å². The number of nitrogens with zero attached hydrogens (tertiary/aromatic N) is 1. The molecule has 0 aromatic carbocycles. The third kappa shape index (κ3) is 35.8. The van der Waals surface area contributed by atoms with Crippen molar-refractivity contribution >= 4 is 19.8 Å². The molecule has 0 aromatic rings. The summed E-state index contributed by atoms with van der Waals surface area (Å²) in [6.07, 6.45) is 39.1. The zero-order valence-electron chi connectivity index (χ0n) is 41.9. The number of quaternary nitrogens is 1. The Bertz CT molecular complexity index is 1120. The molecule has 0 bridgehead atoms. The van der Waals surface area contributed by atoms with E-state index in [1.54, 1.807) is 0 Å². The molecular formula is C51H101NO10P+. The predicted molar refractivity (Wildman–Crippen MR) is 258 cm³/mol. The van der Waals surface area contributed by atoms with Gasteiger partial charge >= 0.3 is 19.8 Å². The molecule has 1 rings (SSSR count). The Hall–Kier alpha value is -1.07. The second-order valence-electron chi connectivity index (χ2n) is 19.6. The van der Waals surface area contributed by atoms with Crippen molar-refractivity contribution < 1.29 is 51.5 Å². The molecule has 374 valence electrons. The smallest absolute Gasteiger partial charge is 0.455 e. The van der Waals surface area contributed by atoms with Crippen molar-refractivity contribution in [2.24, 2.45) is 0 Å². The maximum atomic E-state index is 13.2. The Kier molecular flexibility index (Phi) is 38.1. The van der Waals surface area contributed by atoms with Gasteiger partial charge in [0.15, 0.2) is 18.5 Å². The van der Waals surface area contributed by atoms with E-state index in [1.165, 1.54) is 180 Å². The highest BCUT2D eigenvalue weighted by molar-refractivity contribution is 7.47. The van der Waals surface area contributed by atoms with E-state index in [9.17, 15) is 19.0 Å². The highest BCUT2D eigenvalue weighted by Crippen LogP contribution is 2.44. The van der Waals surface area contributed by atoms with Crippen molar-refractivity contribution in [3.8, 4) is 0 Å². The van der Waals surface area contributed by atoms with E-state index in [0.717, 1.165) is 32.1 Å². The number of unbranched alkanes of at least 4 members (excludes halogenated alkanes) is 32. The molecule has 0 amide bonds. The molecule has 0 radical (unpaired) electrons. The lowest BCUT2D eigenvalue weighted by Gasteiger charge is -2.25. The fourth-order valence-electron chi connectivity index (χ4n) is 8.33. The average molecular weight is 919 g/mol. The Balaban J connectivity index is 2.45. The Morgan fingerprint density at radius 1 is 0.508 bits per heavy atom. The van der Waals surface area contributed by atoms with Gasteiger partial charge in [0, 0.05) is 20.0 Å². The van der Waals surface area contributed by atoms with Crippen LogP contribution in [0.2, 0.25) is 0 Å². The molecule has 1 saturated heterocycles. The standard InChI is InChI=1S/C51H100NO10P/c1-7-9-11-13-15-17-19-21-23-25-27-29-31-33-35-37-39-41-47(53)61-49-46(45-59-63(55,56)58-44-43-52(3,4)5)60-51(57-6)50(49)62-48(54)42-40-38-36-34-32-30-28-26-24-22-20-18-16-14-12-10-8-2/h46,49-51H,7-45H2,1-6H3/p+1/t46-,49-,50-,51-/m1/s1. The van der Waals surface area contributed by atoms with Crippen LogP contribution >= 0.6 is 7.82 Å². The van der Waals surface area contributed by atoms with Crippen LogP contribution in [0.25, 0.3) is 0 Å². The minimum absolute atomic E-state index is 0.0148. The summed E-state index contributed by atoms with van der Waals surface area (Å²) in [6, 6.07) is 0. The van der Waals surface area contributed by atoms with Gasteiger partial charge in [0.05, 0.1) is 27.7 Å². The molecule has 1 aliphatic rings. The lowest BCUT2D eigenvalue weighted by Crippen LogP contribution is -2.42. The average Bonchev–Trinajstić information content (AvgIpc) is 3.56. The number of hydrogen-bond acceptors (Lipinski definition) is 9. The van der Waals surface area contributed by atoms with Gasteiger partial charge in [-0.2, -0.15) is 0 Å². The minimum Gasteiger partial charge on any atom is -0.455 e. The molecule has 1 heterocycles. The molecule has 0 spiro atoms. The minimum atomic E-state index is -4.44. The van der Waals surface area contributed by atoms with E-state index >= 15 is 0 Å². The highest BCUT2D eigenvalue weighted by atomic mass is 31.2. The van der Waals surface area contributed by atoms with E-state index < -0.39 is 51.0 Å². The van der Waals surface area contributed by atoms with E-state index in [2.05, 4.69) is 13.8 Å². The largest absolute Gasteiger partial charge is 0.472 e. The van der Waals surface area contributed by atoms with Crippen LogP contribution in [0.5, 0.6) is 0 Å². The Morgan fingerprint density at radius 2 is 0.825 bits per heavy atom. The first-order chi connectivity index (χ1) is 30.4. The second-order valence-corrected chi connectivity index (χ2v) is 21.1. The number of phosphoric ester groups is 1. The van der Waals surface area contributed by atoms with Crippen molar-refractivity contribution in [2.45, 2.75) is 270 Å². The number of phosphoric acid groups is 1. The molecule has 0 saturated carbocycles. The SMILES string of the molecule is CCCCCCCCCCCCCCCCCCCC(=O)O[C@H]1[C@H](OC)O[C@H](COP(=O)(O)OCC[N+](C)(C)C)[C@H]1OC(=O)CCCCCCCCCCCCCCCCCCC. The van der Waals surface area contributed by atoms with Gasteiger partial charge in [-0.3, -0.25) is 18.6 Å². The molecule has 11 nitrogen and oxygen atoms in total. The quantitative estimate of drug-likeness (QED) is 0.0273. The maximum Gasteiger partial charge on any atom is 0.472 e. The molecular weight excluding hydrogens is 818 g/mol. The molecule has 12 heteroatoms. The number of ether oxygens (including phenoxy) is 4. The lowest BCUT2D eigenvalue weighted by atomic mass is 10.0. The lowest BCUT2D eigenvalue weighted by molar-refractivity contribution is -0.870. The van der Waals surface area contributed by atoms with Crippen LogP contribution < -0.4 is 0 Å². The van der Waals surface area contributed by atoms with E-state index in [0.29, 0.717) is 23.9 Å². The highest BCUT2D eigenvalue weighted by Gasteiger charge is 2.50. The summed E-state index contributed by atoms with van der Waals surface area (Å²) in [5.41, 5.74) is 0. The molecule has 0 aromatic heterocycles. The fourth-order valence-corrected chi connectivity index (χ4v) is 9.05. The molecule has 1 unspecified atom stereocenters. The maximum absolute atomic E-state index is 13.2.